The number of rotatable bonds is 5. The molecule has 0 fully saturated rings. The molecule has 0 saturated carbocycles. The van der Waals surface area contributed by atoms with Crippen molar-refractivity contribution >= 4 is 96.1 Å². The Morgan fingerprint density at radius 1 is 0.277 bits per heavy atom. The molecule has 0 amide bonds. The molecule has 0 spiro atoms. The summed E-state index contributed by atoms with van der Waals surface area (Å²) in [5, 5.41) is 17.7. The Morgan fingerprint density at radius 2 is 0.785 bits per heavy atom. The lowest BCUT2D eigenvalue weighted by Gasteiger charge is -2.17. The van der Waals surface area contributed by atoms with E-state index in [1.54, 1.807) is 0 Å². The summed E-state index contributed by atoms with van der Waals surface area (Å²) in [5.41, 5.74) is 9.58. The third-order valence-corrected chi connectivity index (χ3v) is 14.8. The molecule has 12 aromatic carbocycles. The topological polar surface area (TPSA) is 25.8 Å². The predicted octanol–water partition coefficient (Wildman–Crippen LogP) is 17.5. The van der Waals surface area contributed by atoms with Gasteiger partial charge in [0.25, 0.3) is 0 Å². The van der Waals surface area contributed by atoms with Gasteiger partial charge in [-0.15, -0.1) is 11.3 Å². The van der Waals surface area contributed by atoms with Crippen LogP contribution >= 0.6 is 11.3 Å². The maximum atomic E-state index is 5.46. The Balaban J connectivity index is 1.03. The molecule has 0 saturated heterocycles. The van der Waals surface area contributed by atoms with Crippen LogP contribution in [0.4, 0.5) is 0 Å². The first-order chi connectivity index (χ1) is 32.2. The highest BCUT2D eigenvalue weighted by Gasteiger charge is 2.19. The fraction of sp³-hybridized carbons (Fsp3) is 0. The zero-order valence-electron chi connectivity index (χ0n) is 35.1. The molecule has 14 rings (SSSR count). The van der Waals surface area contributed by atoms with Crippen LogP contribution in [0, 0.1) is 0 Å². The Labute approximate surface area is 378 Å². The van der Waals surface area contributed by atoms with Gasteiger partial charge in [0.2, 0.25) is 0 Å². The Hall–Kier alpha value is -8.24. The molecule has 0 aliphatic heterocycles. The predicted molar refractivity (Wildman–Crippen MR) is 278 cm³/mol. The van der Waals surface area contributed by atoms with Crippen LogP contribution in [0.2, 0.25) is 0 Å². The van der Waals surface area contributed by atoms with Crippen LogP contribution in [0.1, 0.15) is 0 Å². The van der Waals surface area contributed by atoms with Crippen molar-refractivity contribution in [1.82, 2.24) is 9.97 Å². The molecule has 0 bridgehead atoms. The van der Waals surface area contributed by atoms with E-state index in [4.69, 9.17) is 9.97 Å². The van der Waals surface area contributed by atoms with E-state index < -0.39 is 0 Å². The molecular weight excluding hydrogens is 805 g/mol. The highest BCUT2D eigenvalue weighted by atomic mass is 32.1. The molecule has 14 aromatic rings. The van der Waals surface area contributed by atoms with Crippen molar-refractivity contribution in [1.29, 1.82) is 0 Å². The maximum absolute atomic E-state index is 5.46. The number of thiophene rings is 1. The van der Waals surface area contributed by atoms with Gasteiger partial charge in [-0.05, 0) is 117 Å². The molecule has 0 unspecified atom stereocenters. The van der Waals surface area contributed by atoms with E-state index in [1.807, 2.05) is 11.3 Å². The second kappa shape index (κ2) is 14.1. The summed E-state index contributed by atoms with van der Waals surface area (Å²) in [5.74, 6) is 0.693. The minimum absolute atomic E-state index is 0.693. The van der Waals surface area contributed by atoms with Crippen LogP contribution in [-0.2, 0) is 0 Å². The first kappa shape index (κ1) is 36.3. The van der Waals surface area contributed by atoms with Crippen molar-refractivity contribution in [2.24, 2.45) is 0 Å². The number of hydrogen-bond acceptors (Lipinski definition) is 3. The van der Waals surface area contributed by atoms with E-state index in [0.29, 0.717) is 5.82 Å². The summed E-state index contributed by atoms with van der Waals surface area (Å²) in [6.07, 6.45) is 0. The smallest absolute Gasteiger partial charge is 0.160 e. The molecule has 300 valence electrons. The van der Waals surface area contributed by atoms with Gasteiger partial charge >= 0.3 is 0 Å². The fourth-order valence-electron chi connectivity index (χ4n) is 10.6. The van der Waals surface area contributed by atoms with Gasteiger partial charge in [-0.1, -0.05) is 188 Å². The third kappa shape index (κ3) is 5.66. The molecule has 0 aliphatic rings. The zero-order chi connectivity index (χ0) is 42.6. The zero-order valence-corrected chi connectivity index (χ0v) is 35.9. The van der Waals surface area contributed by atoms with Crippen molar-refractivity contribution in [2.45, 2.75) is 0 Å². The van der Waals surface area contributed by atoms with Gasteiger partial charge in [-0.2, -0.15) is 0 Å². The molecule has 0 radical (unpaired) electrons. The number of benzene rings is 11. The summed E-state index contributed by atoms with van der Waals surface area (Å²) >= 11 is 1.86. The lowest BCUT2D eigenvalue weighted by Crippen LogP contribution is -1.97. The Morgan fingerprint density at radius 3 is 1.51 bits per heavy atom. The number of nitrogens with zero attached hydrogens (tertiary/aromatic N) is 2. The average molecular weight is 841 g/mol. The van der Waals surface area contributed by atoms with E-state index in [2.05, 4.69) is 218 Å². The van der Waals surface area contributed by atoms with Gasteiger partial charge in [0.05, 0.1) is 11.4 Å². The number of aromatic nitrogens is 2. The van der Waals surface area contributed by atoms with E-state index >= 15 is 0 Å². The molecule has 0 aliphatic carbocycles. The normalized spacial score (nSPS) is 12.0. The van der Waals surface area contributed by atoms with Gasteiger partial charge in [-0.3, -0.25) is 0 Å². The summed E-state index contributed by atoms with van der Waals surface area (Å²) in [6.45, 7) is 0. The first-order valence-electron chi connectivity index (χ1n) is 22.2. The van der Waals surface area contributed by atoms with Gasteiger partial charge in [0.1, 0.15) is 0 Å². The molecule has 0 N–H and O–H groups in total. The molecule has 2 heterocycles. The van der Waals surface area contributed by atoms with Crippen LogP contribution in [0.25, 0.3) is 141 Å². The highest BCUT2D eigenvalue weighted by Crippen LogP contribution is 2.45. The quantitative estimate of drug-likeness (QED) is 0.161. The monoisotopic (exact) mass is 840 g/mol. The molecule has 3 heteroatoms. The second-order valence-electron chi connectivity index (χ2n) is 17.2. The van der Waals surface area contributed by atoms with Gasteiger partial charge in [0.15, 0.2) is 5.82 Å². The standard InChI is InChI=1S/C62H36N2S/c1-2-11-37(12-3-1)38-25-30-42(31-26-38)62-63-54(44-17-6-16-43(33-44)47-19-10-23-52-48-18-4-5-24-56(48)65-61(47)52)36-55(64-62)46-34-45-32-29-41-14-8-21-50-49-20-7-13-39-27-28-40-15-9-22-51(59(40)57(39)49)53(35-46)60(45)58(41)50/h1-36H. The van der Waals surface area contributed by atoms with Crippen molar-refractivity contribution in [2.75, 3.05) is 0 Å². The minimum atomic E-state index is 0.693. The van der Waals surface area contributed by atoms with Crippen molar-refractivity contribution < 1.29 is 0 Å². The van der Waals surface area contributed by atoms with Crippen LogP contribution in [-0.4, -0.2) is 9.97 Å². The first-order valence-corrected chi connectivity index (χ1v) is 23.0. The molecule has 2 nitrogen and oxygen atoms in total. The minimum Gasteiger partial charge on any atom is -0.228 e. The fourth-order valence-corrected chi connectivity index (χ4v) is 11.8. The van der Waals surface area contributed by atoms with E-state index in [0.717, 1.165) is 33.6 Å². The van der Waals surface area contributed by atoms with E-state index in [-0.39, 0.29) is 0 Å². The number of hydrogen-bond donors (Lipinski definition) is 0. The van der Waals surface area contributed by atoms with E-state index in [1.165, 1.54) is 101 Å². The second-order valence-corrected chi connectivity index (χ2v) is 18.3. The summed E-state index contributed by atoms with van der Waals surface area (Å²) in [4.78, 5) is 10.9. The van der Waals surface area contributed by atoms with Crippen LogP contribution in [0.3, 0.4) is 0 Å². The number of fused-ring (bicyclic) bond motifs is 5. The molecule has 65 heavy (non-hydrogen) atoms. The summed E-state index contributed by atoms with van der Waals surface area (Å²) < 4.78 is 2.60. The lowest BCUT2D eigenvalue weighted by molar-refractivity contribution is 1.18. The van der Waals surface area contributed by atoms with Crippen LogP contribution in [0.5, 0.6) is 0 Å². The SMILES string of the molecule is c1ccc(-c2ccc(-c3nc(-c4cccc(-c5cccc6c5sc5ccccc56)c4)cc(-c4cc5ccc6cccc7c8cccc9ccc%10cccc(c(c4)c5c67)c%10c98)n3)cc2)cc1. The maximum Gasteiger partial charge on any atom is 0.160 e. The van der Waals surface area contributed by atoms with Crippen LogP contribution < -0.4 is 0 Å². The highest BCUT2D eigenvalue weighted by molar-refractivity contribution is 7.26. The van der Waals surface area contributed by atoms with Crippen molar-refractivity contribution in [3.05, 3.63) is 218 Å². The van der Waals surface area contributed by atoms with Crippen molar-refractivity contribution in [3.8, 4) is 56.2 Å². The largest absolute Gasteiger partial charge is 0.228 e. The summed E-state index contributed by atoms with van der Waals surface area (Å²) in [6, 6.07) is 79.9. The Bertz CT molecular complexity index is 4220. The molecule has 2 aromatic heterocycles. The van der Waals surface area contributed by atoms with E-state index in [9.17, 15) is 0 Å². The average Bonchev–Trinajstić information content (AvgIpc) is 3.76. The molecule has 0 atom stereocenters. The van der Waals surface area contributed by atoms with Gasteiger partial charge in [0, 0.05) is 36.9 Å². The molecular formula is C62H36N2S. The third-order valence-electron chi connectivity index (χ3n) is 13.6. The van der Waals surface area contributed by atoms with Gasteiger partial charge < -0.3 is 0 Å². The Kier molecular flexibility index (Phi) is 7.89. The van der Waals surface area contributed by atoms with Crippen molar-refractivity contribution in [3.63, 3.8) is 0 Å². The van der Waals surface area contributed by atoms with Crippen LogP contribution in [0.15, 0.2) is 218 Å². The van der Waals surface area contributed by atoms with Gasteiger partial charge in [-0.25, -0.2) is 9.97 Å². The lowest BCUT2D eigenvalue weighted by atomic mass is 9.87. The summed E-state index contributed by atoms with van der Waals surface area (Å²) in [7, 11) is 0.